The van der Waals surface area contributed by atoms with Gasteiger partial charge in [-0.15, -0.1) is 0 Å². The molecular weight excluding hydrogens is 380 g/mol. The normalized spacial score (nSPS) is 30.2. The second kappa shape index (κ2) is 6.54. The number of pyridine rings is 1. The molecule has 2 aliphatic carbocycles. The molecule has 1 aromatic carbocycles. The van der Waals surface area contributed by atoms with Crippen LogP contribution in [0.3, 0.4) is 0 Å². The van der Waals surface area contributed by atoms with Crippen molar-refractivity contribution in [2.45, 2.75) is 43.7 Å². The van der Waals surface area contributed by atoms with Gasteiger partial charge in [-0.2, -0.15) is 0 Å². The molecule has 1 aliphatic heterocycles. The first kappa shape index (κ1) is 19.1. The zero-order chi connectivity index (χ0) is 21.1. The molecule has 1 saturated carbocycles. The Morgan fingerprint density at radius 1 is 1.17 bits per heavy atom. The van der Waals surface area contributed by atoms with Crippen LogP contribution in [0.15, 0.2) is 52.4 Å². The molecule has 0 saturated heterocycles. The molecule has 0 bridgehead atoms. The molecule has 0 radical (unpaired) electrons. The topological polar surface area (TPSA) is 89.9 Å². The Kier molecular flexibility index (Phi) is 4.15. The van der Waals surface area contributed by atoms with Crippen molar-refractivity contribution in [1.29, 1.82) is 0 Å². The fourth-order valence-electron chi connectivity index (χ4n) is 5.70. The number of aliphatic imine (C=N–C) groups is 1. The summed E-state index contributed by atoms with van der Waals surface area (Å²) in [5.74, 6) is 0.176. The predicted molar refractivity (Wildman–Crippen MR) is 114 cm³/mol. The van der Waals surface area contributed by atoms with E-state index >= 15 is 0 Å². The number of aromatic nitrogens is 1. The lowest BCUT2D eigenvalue weighted by atomic mass is 9.61. The number of hydrogen-bond acceptors (Lipinski definition) is 5. The maximum Gasteiger partial charge on any atom is 0.262 e. The van der Waals surface area contributed by atoms with Gasteiger partial charge in [-0.05, 0) is 61.4 Å². The number of ether oxygens (including phenoxy) is 1. The van der Waals surface area contributed by atoms with Crippen LogP contribution in [0, 0.1) is 5.41 Å². The molecule has 1 fully saturated rings. The summed E-state index contributed by atoms with van der Waals surface area (Å²) in [5, 5.41) is 0. The van der Waals surface area contributed by atoms with Gasteiger partial charge >= 0.3 is 0 Å². The van der Waals surface area contributed by atoms with E-state index in [9.17, 15) is 9.59 Å². The number of methoxy groups -OCH3 is 1. The van der Waals surface area contributed by atoms with Crippen molar-refractivity contribution in [2.75, 3.05) is 14.2 Å². The number of amides is 1. The smallest absolute Gasteiger partial charge is 0.262 e. The third kappa shape index (κ3) is 2.38. The van der Waals surface area contributed by atoms with E-state index < -0.39 is 5.54 Å². The van der Waals surface area contributed by atoms with E-state index in [4.69, 9.17) is 15.5 Å². The molecule has 30 heavy (non-hydrogen) atoms. The van der Waals surface area contributed by atoms with Gasteiger partial charge in [0.05, 0.1) is 6.10 Å². The largest absolute Gasteiger partial charge is 0.381 e. The van der Waals surface area contributed by atoms with Crippen molar-refractivity contribution >= 4 is 11.9 Å². The fourth-order valence-corrected chi connectivity index (χ4v) is 5.70. The molecule has 7 heteroatoms. The molecule has 1 atom stereocenters. The highest BCUT2D eigenvalue weighted by molar-refractivity contribution is 6.08. The van der Waals surface area contributed by atoms with E-state index in [0.29, 0.717) is 0 Å². The van der Waals surface area contributed by atoms with Gasteiger partial charge in [-0.3, -0.25) is 19.1 Å². The number of carbonyl (C=O) groups is 1. The molecule has 1 aromatic heterocycles. The van der Waals surface area contributed by atoms with Crippen LogP contribution in [0.4, 0.5) is 0 Å². The maximum absolute atomic E-state index is 13.7. The summed E-state index contributed by atoms with van der Waals surface area (Å²) < 4.78 is 7.18. The van der Waals surface area contributed by atoms with Gasteiger partial charge in [0.15, 0.2) is 11.5 Å². The number of rotatable bonds is 2. The van der Waals surface area contributed by atoms with Crippen LogP contribution in [0.5, 0.6) is 0 Å². The van der Waals surface area contributed by atoms with Crippen LogP contribution in [-0.2, 0) is 21.5 Å². The zero-order valence-corrected chi connectivity index (χ0v) is 17.3. The maximum atomic E-state index is 13.7. The minimum absolute atomic E-state index is 0.0767. The van der Waals surface area contributed by atoms with Gasteiger partial charge in [0.1, 0.15) is 0 Å². The van der Waals surface area contributed by atoms with E-state index in [-0.39, 0.29) is 28.9 Å². The van der Waals surface area contributed by atoms with Crippen molar-refractivity contribution in [2.24, 2.45) is 16.1 Å². The zero-order valence-electron chi connectivity index (χ0n) is 17.3. The van der Waals surface area contributed by atoms with E-state index in [1.165, 1.54) is 11.0 Å². The van der Waals surface area contributed by atoms with Gasteiger partial charge < -0.3 is 10.5 Å². The lowest BCUT2D eigenvalue weighted by Crippen LogP contribution is -2.51. The molecule has 5 rings (SSSR count). The van der Waals surface area contributed by atoms with Crippen molar-refractivity contribution in [1.82, 2.24) is 9.47 Å². The predicted octanol–water partition coefficient (Wildman–Crippen LogP) is 1.95. The molecule has 156 valence electrons. The lowest BCUT2D eigenvalue weighted by Gasteiger charge is -2.45. The molecule has 2 spiro atoms. The quantitative estimate of drug-likeness (QED) is 0.825. The molecule has 1 amide bonds. The number of likely N-dealkylation sites (N-methyl/N-ethyl adjacent to an activating group) is 1. The van der Waals surface area contributed by atoms with E-state index in [1.807, 2.05) is 24.3 Å². The summed E-state index contributed by atoms with van der Waals surface area (Å²) in [6.45, 7) is 0. The fraction of sp³-hybridized carbons (Fsp3) is 0.435. The number of hydrogen-bond donors (Lipinski definition) is 1. The SMILES string of the molecule is COC1CCC2(CC1)Cc1ccc(-n3ccccc3=O)cc1C21N=C(N)N(C)C1=O. The van der Waals surface area contributed by atoms with Gasteiger partial charge in [0, 0.05) is 37.5 Å². The van der Waals surface area contributed by atoms with Gasteiger partial charge in [-0.1, -0.05) is 12.1 Å². The summed E-state index contributed by atoms with van der Waals surface area (Å²) in [5.41, 5.74) is 7.43. The third-order valence-electron chi connectivity index (χ3n) is 7.34. The standard InChI is InChI=1S/C23H26N4O3/c1-26-20(29)23(25-21(26)24)18-13-16(27-12-4-3-5-19(27)28)7-6-15(18)14-22(23)10-8-17(30-2)9-11-22/h3-7,12-13,17H,8-11,14H2,1-2H3,(H2,24,25). The number of benzene rings is 1. The highest BCUT2D eigenvalue weighted by atomic mass is 16.5. The Morgan fingerprint density at radius 2 is 1.93 bits per heavy atom. The Morgan fingerprint density at radius 3 is 2.57 bits per heavy atom. The highest BCUT2D eigenvalue weighted by Crippen LogP contribution is 2.61. The molecule has 2 aromatic rings. The summed E-state index contributed by atoms with van der Waals surface area (Å²) in [7, 11) is 3.43. The Balaban J connectivity index is 1.70. The summed E-state index contributed by atoms with van der Waals surface area (Å²) in [6.07, 6.45) is 6.21. The van der Waals surface area contributed by atoms with Gasteiger partial charge in [0.25, 0.3) is 11.5 Å². The number of nitrogens with zero attached hydrogens (tertiary/aromatic N) is 3. The van der Waals surface area contributed by atoms with Gasteiger partial charge in [-0.25, -0.2) is 4.99 Å². The first-order valence-electron chi connectivity index (χ1n) is 10.4. The monoisotopic (exact) mass is 406 g/mol. The highest BCUT2D eigenvalue weighted by Gasteiger charge is 2.66. The molecule has 3 aliphatic rings. The summed E-state index contributed by atoms with van der Waals surface area (Å²) in [4.78, 5) is 32.4. The van der Waals surface area contributed by atoms with E-state index in [0.717, 1.165) is 48.9 Å². The Labute approximate surface area is 175 Å². The van der Waals surface area contributed by atoms with Crippen LogP contribution in [0.2, 0.25) is 0 Å². The number of fused-ring (bicyclic) bond motifs is 3. The number of carbonyl (C=O) groups excluding carboxylic acids is 1. The minimum atomic E-state index is -1.03. The summed E-state index contributed by atoms with van der Waals surface area (Å²) >= 11 is 0. The third-order valence-corrected chi connectivity index (χ3v) is 7.34. The van der Waals surface area contributed by atoms with Crippen LogP contribution in [0.25, 0.3) is 5.69 Å². The van der Waals surface area contributed by atoms with E-state index in [2.05, 4.69) is 0 Å². The van der Waals surface area contributed by atoms with Crippen molar-refractivity contribution in [3.63, 3.8) is 0 Å². The van der Waals surface area contributed by atoms with Crippen molar-refractivity contribution < 1.29 is 9.53 Å². The Hall–Kier alpha value is -2.93. The van der Waals surface area contributed by atoms with Crippen molar-refractivity contribution in [3.8, 4) is 5.69 Å². The van der Waals surface area contributed by atoms with Crippen LogP contribution < -0.4 is 11.3 Å². The number of nitrogens with two attached hydrogens (primary N) is 1. The first-order valence-corrected chi connectivity index (χ1v) is 10.4. The second-order valence-electron chi connectivity index (χ2n) is 8.69. The molecule has 2 heterocycles. The van der Waals surface area contributed by atoms with Crippen LogP contribution >= 0.6 is 0 Å². The number of guanidine groups is 1. The van der Waals surface area contributed by atoms with Crippen LogP contribution in [-0.4, -0.2) is 41.6 Å². The average Bonchev–Trinajstić information content (AvgIpc) is 3.15. The molecule has 2 N–H and O–H groups in total. The Bertz CT molecular complexity index is 1110. The summed E-state index contributed by atoms with van der Waals surface area (Å²) in [6, 6.07) is 11.0. The molecule has 1 unspecified atom stereocenters. The lowest BCUT2D eigenvalue weighted by molar-refractivity contribution is -0.137. The van der Waals surface area contributed by atoms with Crippen LogP contribution in [0.1, 0.15) is 36.8 Å². The molecule has 7 nitrogen and oxygen atoms in total. The van der Waals surface area contributed by atoms with Crippen molar-refractivity contribution in [3.05, 3.63) is 64.1 Å². The molecular formula is C23H26N4O3. The average molecular weight is 406 g/mol. The minimum Gasteiger partial charge on any atom is -0.381 e. The first-order chi connectivity index (χ1) is 14.4. The van der Waals surface area contributed by atoms with Gasteiger partial charge in [0.2, 0.25) is 0 Å². The van der Waals surface area contributed by atoms with E-state index in [1.54, 1.807) is 31.0 Å². The second-order valence-corrected chi connectivity index (χ2v) is 8.69.